The Bertz CT molecular complexity index is 941. The van der Waals surface area contributed by atoms with Crippen molar-refractivity contribution < 1.29 is 0 Å². The highest BCUT2D eigenvalue weighted by molar-refractivity contribution is 8.68. The molecule has 0 spiro atoms. The molecule has 0 bridgehead atoms. The van der Waals surface area contributed by atoms with Crippen molar-refractivity contribution >= 4 is 22.5 Å². The van der Waals surface area contributed by atoms with Crippen LogP contribution in [0.5, 0.6) is 0 Å². The van der Waals surface area contributed by atoms with Gasteiger partial charge in [-0.25, -0.2) is 0 Å². The third-order valence-corrected chi connectivity index (χ3v) is 9.62. The number of hydrogen-bond acceptors (Lipinski definition) is 4. The minimum atomic E-state index is 0.443. The van der Waals surface area contributed by atoms with Crippen LogP contribution in [0.15, 0.2) is 36.4 Å². The largest absolute Gasteiger partial charge is 0.296 e. The molecule has 3 unspecified atom stereocenters. The van der Waals surface area contributed by atoms with E-state index in [0.29, 0.717) is 23.3 Å². The standard InChI is InChI=1S/C29H42N2S2/c1-20(2)25-9-11-28-18-30(15-13-27(28)16-25)21(3)6-7-22(4)31-14-12-24-8-10-26(23(5)33-32)17-29(24)19-31/h8-11,16-17,20-23,32H,6-7,12-15,18-19H2,1-5H3. The Morgan fingerprint density at radius 3 is 1.91 bits per heavy atom. The van der Waals surface area contributed by atoms with Crippen molar-refractivity contribution in [3.05, 3.63) is 69.8 Å². The van der Waals surface area contributed by atoms with Gasteiger partial charge in [0.15, 0.2) is 0 Å². The highest BCUT2D eigenvalue weighted by atomic mass is 33.1. The SMILES string of the molecule is CC(C)c1ccc2c(c1)CCN(C(C)CCC(C)N1CCc3ccc(C(C)SS)cc3C1)C2. The van der Waals surface area contributed by atoms with Crippen LogP contribution in [0.4, 0.5) is 0 Å². The van der Waals surface area contributed by atoms with E-state index in [1.165, 1.54) is 55.5 Å². The maximum absolute atomic E-state index is 4.42. The second kappa shape index (κ2) is 11.2. The molecule has 2 heterocycles. The lowest BCUT2D eigenvalue weighted by Gasteiger charge is -2.37. The molecule has 2 aliphatic heterocycles. The van der Waals surface area contributed by atoms with E-state index in [1.54, 1.807) is 27.5 Å². The van der Waals surface area contributed by atoms with Gasteiger partial charge in [-0.05, 0) is 85.8 Å². The zero-order chi connectivity index (χ0) is 23.5. The van der Waals surface area contributed by atoms with Crippen molar-refractivity contribution in [3.8, 4) is 0 Å². The van der Waals surface area contributed by atoms with Gasteiger partial charge in [-0.2, -0.15) is 0 Å². The Morgan fingerprint density at radius 1 is 0.727 bits per heavy atom. The van der Waals surface area contributed by atoms with E-state index in [4.69, 9.17) is 0 Å². The minimum absolute atomic E-state index is 0.443. The van der Waals surface area contributed by atoms with Crippen LogP contribution >= 0.6 is 22.5 Å². The molecule has 0 saturated carbocycles. The molecular weight excluding hydrogens is 440 g/mol. The molecule has 180 valence electrons. The Kier molecular flexibility index (Phi) is 8.54. The van der Waals surface area contributed by atoms with Crippen molar-refractivity contribution in [3.63, 3.8) is 0 Å². The van der Waals surface area contributed by atoms with Crippen LogP contribution in [0.25, 0.3) is 0 Å². The van der Waals surface area contributed by atoms with Crippen LogP contribution in [-0.2, 0) is 25.9 Å². The van der Waals surface area contributed by atoms with Gasteiger partial charge in [-0.3, -0.25) is 9.80 Å². The Hall–Kier alpha value is -0.940. The first-order valence-electron chi connectivity index (χ1n) is 12.9. The van der Waals surface area contributed by atoms with Gasteiger partial charge in [0.1, 0.15) is 0 Å². The maximum Gasteiger partial charge on any atom is 0.0370 e. The number of benzene rings is 2. The summed E-state index contributed by atoms with van der Waals surface area (Å²) in [5.41, 5.74) is 9.08. The van der Waals surface area contributed by atoms with Crippen molar-refractivity contribution in [2.24, 2.45) is 0 Å². The topological polar surface area (TPSA) is 6.48 Å². The van der Waals surface area contributed by atoms with E-state index in [0.717, 1.165) is 13.1 Å². The average molecular weight is 483 g/mol. The molecule has 2 aliphatic rings. The lowest BCUT2D eigenvalue weighted by Crippen LogP contribution is -2.40. The zero-order valence-electron chi connectivity index (χ0n) is 21.2. The second-order valence-electron chi connectivity index (χ2n) is 10.7. The Morgan fingerprint density at radius 2 is 1.27 bits per heavy atom. The fourth-order valence-corrected chi connectivity index (χ4v) is 6.10. The molecule has 0 fully saturated rings. The highest BCUT2D eigenvalue weighted by Crippen LogP contribution is 2.33. The van der Waals surface area contributed by atoms with Crippen LogP contribution in [0, 0.1) is 0 Å². The van der Waals surface area contributed by atoms with E-state index >= 15 is 0 Å². The third kappa shape index (κ3) is 6.01. The van der Waals surface area contributed by atoms with Gasteiger partial charge in [-0.15, -0.1) is 11.7 Å². The van der Waals surface area contributed by atoms with Crippen molar-refractivity contribution in [1.29, 1.82) is 0 Å². The van der Waals surface area contributed by atoms with Crippen molar-refractivity contribution in [1.82, 2.24) is 9.80 Å². The number of fused-ring (bicyclic) bond motifs is 2. The van der Waals surface area contributed by atoms with E-state index in [1.807, 2.05) is 0 Å². The summed E-state index contributed by atoms with van der Waals surface area (Å²) < 4.78 is 0. The summed E-state index contributed by atoms with van der Waals surface area (Å²) in [6, 6.07) is 15.5. The molecule has 2 aromatic rings. The predicted octanol–water partition coefficient (Wildman–Crippen LogP) is 7.42. The van der Waals surface area contributed by atoms with Gasteiger partial charge < -0.3 is 0 Å². The average Bonchev–Trinajstić information content (AvgIpc) is 2.85. The molecule has 33 heavy (non-hydrogen) atoms. The molecule has 0 aliphatic carbocycles. The summed E-state index contributed by atoms with van der Waals surface area (Å²) in [4.78, 5) is 5.41. The predicted molar refractivity (Wildman–Crippen MR) is 148 cm³/mol. The summed E-state index contributed by atoms with van der Waals surface area (Å²) in [6.07, 6.45) is 4.93. The third-order valence-electron chi connectivity index (χ3n) is 8.09. The summed E-state index contributed by atoms with van der Waals surface area (Å²) in [7, 11) is 1.63. The van der Waals surface area contributed by atoms with Crippen LogP contribution < -0.4 is 0 Å². The first-order valence-corrected chi connectivity index (χ1v) is 14.8. The minimum Gasteiger partial charge on any atom is -0.296 e. The number of thiol groups is 1. The lowest BCUT2D eigenvalue weighted by molar-refractivity contribution is 0.144. The molecule has 2 aromatic carbocycles. The van der Waals surface area contributed by atoms with E-state index < -0.39 is 0 Å². The number of rotatable bonds is 8. The van der Waals surface area contributed by atoms with Gasteiger partial charge in [0.25, 0.3) is 0 Å². The van der Waals surface area contributed by atoms with Gasteiger partial charge >= 0.3 is 0 Å². The van der Waals surface area contributed by atoms with Gasteiger partial charge in [-0.1, -0.05) is 61.0 Å². The maximum atomic E-state index is 4.42. The molecular formula is C29H42N2S2. The first-order chi connectivity index (χ1) is 15.9. The van der Waals surface area contributed by atoms with Crippen LogP contribution in [-0.4, -0.2) is 35.0 Å². The number of hydrogen-bond donors (Lipinski definition) is 1. The van der Waals surface area contributed by atoms with Crippen molar-refractivity contribution in [2.45, 2.75) is 96.6 Å². The zero-order valence-corrected chi connectivity index (χ0v) is 22.9. The van der Waals surface area contributed by atoms with Crippen LogP contribution in [0.3, 0.4) is 0 Å². The molecule has 2 nitrogen and oxygen atoms in total. The van der Waals surface area contributed by atoms with E-state index in [9.17, 15) is 0 Å². The quantitative estimate of drug-likeness (QED) is 0.309. The lowest BCUT2D eigenvalue weighted by atomic mass is 9.92. The van der Waals surface area contributed by atoms with Crippen molar-refractivity contribution in [2.75, 3.05) is 13.1 Å². The van der Waals surface area contributed by atoms with E-state index in [-0.39, 0.29) is 0 Å². The fraction of sp³-hybridized carbons (Fsp3) is 0.586. The monoisotopic (exact) mass is 482 g/mol. The Balaban J connectivity index is 1.30. The summed E-state index contributed by atoms with van der Waals surface area (Å²) in [5, 5.41) is 0.443. The van der Waals surface area contributed by atoms with Gasteiger partial charge in [0, 0.05) is 43.5 Å². The fourth-order valence-electron chi connectivity index (χ4n) is 5.47. The van der Waals surface area contributed by atoms with Gasteiger partial charge in [0.2, 0.25) is 0 Å². The smallest absolute Gasteiger partial charge is 0.0370 e. The summed E-state index contributed by atoms with van der Waals surface area (Å²) >= 11 is 4.42. The molecule has 0 N–H and O–H groups in total. The van der Waals surface area contributed by atoms with Gasteiger partial charge in [0.05, 0.1) is 0 Å². The molecule has 0 radical (unpaired) electrons. The van der Waals surface area contributed by atoms with Crippen LogP contribution in [0.2, 0.25) is 0 Å². The first kappa shape index (κ1) is 25.2. The number of nitrogens with zero attached hydrogens (tertiary/aromatic N) is 2. The molecule has 4 heteroatoms. The second-order valence-corrected chi connectivity index (χ2v) is 12.2. The molecule has 3 atom stereocenters. The highest BCUT2D eigenvalue weighted by Gasteiger charge is 2.25. The Labute approximate surface area is 211 Å². The van der Waals surface area contributed by atoms with E-state index in [2.05, 4.69) is 92.5 Å². The normalized spacial score (nSPS) is 19.7. The molecule has 0 saturated heterocycles. The molecule has 4 rings (SSSR count). The molecule has 0 amide bonds. The summed E-state index contributed by atoms with van der Waals surface area (Å²) in [6.45, 7) is 16.3. The summed E-state index contributed by atoms with van der Waals surface area (Å²) in [5.74, 6) is 0.618. The molecule has 0 aromatic heterocycles. The van der Waals surface area contributed by atoms with Crippen LogP contribution in [0.1, 0.15) is 92.0 Å².